The Bertz CT molecular complexity index is 566. The van der Waals surface area contributed by atoms with Crippen LogP contribution in [0.1, 0.15) is 29.2 Å². The predicted octanol–water partition coefficient (Wildman–Crippen LogP) is 2.96. The first-order chi connectivity index (χ1) is 7.81. The number of aldehydes is 1. The largest absolute Gasteiger partial charge is 0.303 e. The lowest BCUT2D eigenvalue weighted by Gasteiger charge is -2.06. The zero-order chi connectivity index (χ0) is 11.1. The van der Waals surface area contributed by atoms with Crippen molar-refractivity contribution in [1.29, 1.82) is 0 Å². The second kappa shape index (κ2) is 3.79. The fraction of sp³-hybridized carbons (Fsp3) is 0.364. The van der Waals surface area contributed by atoms with E-state index in [0.29, 0.717) is 17.5 Å². The van der Waals surface area contributed by atoms with Gasteiger partial charge in [0.1, 0.15) is 22.6 Å². The third-order valence-electron chi connectivity index (χ3n) is 3.06. The molecule has 0 saturated carbocycles. The van der Waals surface area contributed by atoms with Gasteiger partial charge in [0.15, 0.2) is 0 Å². The van der Waals surface area contributed by atoms with Gasteiger partial charge in [-0.3, -0.25) is 0 Å². The van der Waals surface area contributed by atoms with Crippen molar-refractivity contribution in [3.8, 4) is 0 Å². The molecule has 0 radical (unpaired) electrons. The Morgan fingerprint density at radius 3 is 3.25 bits per heavy atom. The summed E-state index contributed by atoms with van der Waals surface area (Å²) in [6, 6.07) is 0. The summed E-state index contributed by atoms with van der Waals surface area (Å²) in [5, 5.41) is 1.48. The van der Waals surface area contributed by atoms with Crippen molar-refractivity contribution in [3.05, 3.63) is 21.9 Å². The fourth-order valence-electron chi connectivity index (χ4n) is 2.38. The lowest BCUT2D eigenvalue weighted by Crippen LogP contribution is -1.94. The standard InChI is InChI=1S/C11H9ClN2OS/c12-10-9-8-6(3-4-15)1-2-7(8)16-11(9)14-5-13-10/h4-6H,1-3H2. The maximum Gasteiger partial charge on any atom is 0.141 e. The van der Waals surface area contributed by atoms with Gasteiger partial charge in [-0.2, -0.15) is 0 Å². The van der Waals surface area contributed by atoms with Crippen LogP contribution in [0.3, 0.4) is 0 Å². The normalized spacial score (nSPS) is 18.9. The van der Waals surface area contributed by atoms with Gasteiger partial charge >= 0.3 is 0 Å². The fourth-order valence-corrected chi connectivity index (χ4v) is 3.91. The summed E-state index contributed by atoms with van der Waals surface area (Å²) in [5.41, 5.74) is 1.22. The molecule has 0 saturated heterocycles. The number of hydrogen-bond acceptors (Lipinski definition) is 4. The molecule has 16 heavy (non-hydrogen) atoms. The summed E-state index contributed by atoms with van der Waals surface area (Å²) in [7, 11) is 0. The van der Waals surface area contributed by atoms with E-state index in [0.717, 1.165) is 29.3 Å². The van der Waals surface area contributed by atoms with E-state index in [1.165, 1.54) is 16.8 Å². The second-order valence-corrected chi connectivity index (χ2v) is 5.36. The van der Waals surface area contributed by atoms with Crippen LogP contribution in [0.15, 0.2) is 6.33 Å². The van der Waals surface area contributed by atoms with E-state index in [-0.39, 0.29) is 0 Å². The summed E-state index contributed by atoms with van der Waals surface area (Å²) < 4.78 is 0. The molecule has 82 valence electrons. The third-order valence-corrected chi connectivity index (χ3v) is 4.52. The van der Waals surface area contributed by atoms with E-state index in [4.69, 9.17) is 11.6 Å². The first-order valence-electron chi connectivity index (χ1n) is 5.16. The van der Waals surface area contributed by atoms with Crippen molar-refractivity contribution in [2.75, 3.05) is 0 Å². The SMILES string of the molecule is O=CCC1CCc2sc3ncnc(Cl)c3c21. The number of nitrogens with zero attached hydrogens (tertiary/aromatic N) is 2. The molecule has 0 fully saturated rings. The molecule has 0 bridgehead atoms. The topological polar surface area (TPSA) is 42.9 Å². The molecule has 0 aromatic carbocycles. The van der Waals surface area contributed by atoms with Gasteiger partial charge in [0.05, 0.1) is 5.39 Å². The molecule has 1 unspecified atom stereocenters. The number of aromatic nitrogens is 2. The van der Waals surface area contributed by atoms with E-state index < -0.39 is 0 Å². The van der Waals surface area contributed by atoms with Crippen molar-refractivity contribution in [2.24, 2.45) is 0 Å². The van der Waals surface area contributed by atoms with Crippen LogP contribution in [0.5, 0.6) is 0 Å². The van der Waals surface area contributed by atoms with Crippen LogP contribution in [0.25, 0.3) is 10.2 Å². The minimum atomic E-state index is 0.310. The Labute approximate surface area is 101 Å². The van der Waals surface area contributed by atoms with E-state index >= 15 is 0 Å². The van der Waals surface area contributed by atoms with Crippen molar-refractivity contribution in [3.63, 3.8) is 0 Å². The minimum Gasteiger partial charge on any atom is -0.303 e. The van der Waals surface area contributed by atoms with Gasteiger partial charge in [-0.1, -0.05) is 11.6 Å². The van der Waals surface area contributed by atoms with Crippen LogP contribution in [-0.4, -0.2) is 16.3 Å². The molecule has 2 heterocycles. The number of carbonyl (C=O) groups excluding carboxylic acids is 1. The van der Waals surface area contributed by atoms with Crippen LogP contribution >= 0.6 is 22.9 Å². The predicted molar refractivity (Wildman–Crippen MR) is 64.2 cm³/mol. The van der Waals surface area contributed by atoms with Crippen molar-refractivity contribution in [1.82, 2.24) is 9.97 Å². The highest BCUT2D eigenvalue weighted by Gasteiger charge is 2.28. The molecule has 0 spiro atoms. The highest BCUT2D eigenvalue weighted by Crippen LogP contribution is 2.45. The monoisotopic (exact) mass is 252 g/mol. The first-order valence-corrected chi connectivity index (χ1v) is 6.36. The van der Waals surface area contributed by atoms with Crippen molar-refractivity contribution in [2.45, 2.75) is 25.2 Å². The molecule has 3 rings (SSSR count). The molecule has 0 aliphatic heterocycles. The number of rotatable bonds is 2. The first kappa shape index (κ1) is 10.2. The van der Waals surface area contributed by atoms with Gasteiger partial charge in [0, 0.05) is 11.3 Å². The van der Waals surface area contributed by atoms with Gasteiger partial charge in [-0.15, -0.1) is 11.3 Å². The highest BCUT2D eigenvalue weighted by molar-refractivity contribution is 7.19. The maximum absolute atomic E-state index is 10.7. The molecular formula is C11H9ClN2OS. The lowest BCUT2D eigenvalue weighted by molar-refractivity contribution is -0.108. The zero-order valence-electron chi connectivity index (χ0n) is 8.44. The molecule has 3 nitrogen and oxygen atoms in total. The number of fused-ring (bicyclic) bond motifs is 3. The Balaban J connectivity index is 2.25. The van der Waals surface area contributed by atoms with E-state index in [1.54, 1.807) is 11.3 Å². The van der Waals surface area contributed by atoms with Gasteiger partial charge in [0.2, 0.25) is 0 Å². The third kappa shape index (κ3) is 1.37. The molecule has 5 heteroatoms. The summed E-state index contributed by atoms with van der Waals surface area (Å²) in [6.07, 6.45) is 5.13. The Morgan fingerprint density at radius 1 is 1.56 bits per heavy atom. The van der Waals surface area contributed by atoms with Gasteiger partial charge in [-0.25, -0.2) is 9.97 Å². The second-order valence-electron chi connectivity index (χ2n) is 3.92. The van der Waals surface area contributed by atoms with Gasteiger partial charge in [0.25, 0.3) is 0 Å². The van der Waals surface area contributed by atoms with Crippen LogP contribution in [0.4, 0.5) is 0 Å². The molecule has 2 aromatic heterocycles. The van der Waals surface area contributed by atoms with Crippen LogP contribution < -0.4 is 0 Å². The van der Waals surface area contributed by atoms with Crippen molar-refractivity contribution >= 4 is 39.4 Å². The summed E-state index contributed by atoms with van der Waals surface area (Å²) in [6.45, 7) is 0. The number of carbonyl (C=O) groups is 1. The van der Waals surface area contributed by atoms with E-state index in [1.807, 2.05) is 0 Å². The number of hydrogen-bond donors (Lipinski definition) is 0. The molecular weight excluding hydrogens is 244 g/mol. The minimum absolute atomic E-state index is 0.310. The molecule has 2 aromatic rings. The summed E-state index contributed by atoms with van der Waals surface area (Å²) in [5.74, 6) is 0.310. The van der Waals surface area contributed by atoms with Gasteiger partial charge < -0.3 is 4.79 Å². The molecule has 1 aliphatic carbocycles. The molecule has 1 aliphatic rings. The Hall–Kier alpha value is -1.00. The van der Waals surface area contributed by atoms with Crippen molar-refractivity contribution < 1.29 is 4.79 Å². The van der Waals surface area contributed by atoms with Crippen LogP contribution in [-0.2, 0) is 11.2 Å². The zero-order valence-corrected chi connectivity index (χ0v) is 10.0. The summed E-state index contributed by atoms with van der Waals surface area (Å²) in [4.78, 5) is 21.2. The quantitative estimate of drug-likeness (QED) is 0.610. The lowest BCUT2D eigenvalue weighted by atomic mass is 9.99. The average Bonchev–Trinajstić information content (AvgIpc) is 2.79. The molecule has 0 N–H and O–H groups in total. The molecule has 1 atom stereocenters. The number of thiophene rings is 1. The van der Waals surface area contributed by atoms with Crippen LogP contribution in [0, 0.1) is 0 Å². The smallest absolute Gasteiger partial charge is 0.141 e. The average molecular weight is 253 g/mol. The van der Waals surface area contributed by atoms with E-state index in [2.05, 4.69) is 9.97 Å². The number of aryl methyl sites for hydroxylation is 1. The number of halogens is 1. The van der Waals surface area contributed by atoms with Gasteiger partial charge in [-0.05, 0) is 24.3 Å². The Kier molecular flexibility index (Phi) is 2.41. The molecule has 0 amide bonds. The maximum atomic E-state index is 10.7. The van der Waals surface area contributed by atoms with E-state index in [9.17, 15) is 4.79 Å². The Morgan fingerprint density at radius 2 is 2.44 bits per heavy atom. The highest BCUT2D eigenvalue weighted by atomic mass is 35.5. The van der Waals surface area contributed by atoms with Crippen LogP contribution in [0.2, 0.25) is 5.15 Å². The summed E-state index contributed by atoms with van der Waals surface area (Å²) >= 11 is 7.79.